The Morgan fingerprint density at radius 2 is 0.955 bits per heavy atom. The maximum absolute atomic E-state index is 8.11. The van der Waals surface area contributed by atoms with Gasteiger partial charge in [0, 0.05) is 13.2 Å². The third-order valence-corrected chi connectivity index (χ3v) is 1.40. The van der Waals surface area contributed by atoms with Crippen molar-refractivity contribution in [3.05, 3.63) is 0 Å². The zero-order chi connectivity index (χ0) is 18.1. The van der Waals surface area contributed by atoms with Crippen LogP contribution in [-0.4, -0.2) is 106 Å². The SMILES string of the molecule is CC(O)CO.OCCCCO.OCCO.OCCOCCO. The van der Waals surface area contributed by atoms with E-state index in [0.29, 0.717) is 13.2 Å². The average Bonchev–Trinajstić information content (AvgIpc) is 2.54. The highest BCUT2D eigenvalue weighted by Gasteiger charge is 1.83. The molecular weight excluding hydrogens is 300 g/mol. The van der Waals surface area contributed by atoms with Crippen LogP contribution in [0.4, 0.5) is 0 Å². The number of unbranched alkanes of at least 4 members (excludes halogenated alkanes) is 1. The second-order valence-corrected chi connectivity index (χ2v) is 3.69. The van der Waals surface area contributed by atoms with Crippen molar-refractivity contribution < 1.29 is 45.6 Å². The van der Waals surface area contributed by atoms with Gasteiger partial charge in [-0.15, -0.1) is 0 Å². The molecule has 0 rings (SSSR count). The van der Waals surface area contributed by atoms with Gasteiger partial charge in [0.05, 0.1) is 52.4 Å². The highest BCUT2D eigenvalue weighted by molar-refractivity contribution is 4.34. The lowest BCUT2D eigenvalue weighted by atomic mass is 10.3. The zero-order valence-corrected chi connectivity index (χ0v) is 13.3. The Hall–Kier alpha value is -0.360. The molecule has 0 bridgehead atoms. The van der Waals surface area contributed by atoms with Gasteiger partial charge in [-0.05, 0) is 19.8 Å². The van der Waals surface area contributed by atoms with E-state index in [4.69, 9.17) is 40.9 Å². The number of rotatable bonds is 9. The first kappa shape index (κ1) is 29.6. The molecule has 0 fully saturated rings. The molecule has 0 radical (unpaired) electrons. The standard InChI is InChI=1S/C4H10O3.C4H10O2.C3H8O2.C2H6O2/c5-1-3-7-4-2-6;5-3-1-2-4-6;1-3(5)2-4;3-1-2-4/h5-6H,1-4H2;5-6H,1-4H2;3-5H,2H2,1H3;3-4H,1-2H2. The average molecular weight is 334 g/mol. The van der Waals surface area contributed by atoms with Crippen molar-refractivity contribution in [2.45, 2.75) is 25.9 Å². The first-order valence-corrected chi connectivity index (χ1v) is 7.03. The second-order valence-electron chi connectivity index (χ2n) is 3.69. The van der Waals surface area contributed by atoms with E-state index in [9.17, 15) is 0 Å². The minimum Gasteiger partial charge on any atom is -0.396 e. The summed E-state index contributed by atoms with van der Waals surface area (Å²) >= 11 is 0. The summed E-state index contributed by atoms with van der Waals surface area (Å²) in [4.78, 5) is 0. The van der Waals surface area contributed by atoms with Crippen molar-refractivity contribution in [1.29, 1.82) is 0 Å². The molecule has 0 aromatic rings. The summed E-state index contributed by atoms with van der Waals surface area (Å²) < 4.78 is 4.63. The quantitative estimate of drug-likeness (QED) is 0.205. The molecular formula is C13H34O9. The lowest BCUT2D eigenvalue weighted by molar-refractivity contribution is 0.0650. The molecule has 1 unspecified atom stereocenters. The van der Waals surface area contributed by atoms with Crippen molar-refractivity contribution in [1.82, 2.24) is 0 Å². The summed E-state index contributed by atoms with van der Waals surface area (Å²) in [5.74, 6) is 0. The van der Waals surface area contributed by atoms with Crippen molar-refractivity contribution in [2.24, 2.45) is 0 Å². The van der Waals surface area contributed by atoms with Crippen LogP contribution in [0.2, 0.25) is 0 Å². The Kier molecular flexibility index (Phi) is 50.0. The molecule has 0 saturated heterocycles. The molecule has 0 aromatic heterocycles. The monoisotopic (exact) mass is 334 g/mol. The van der Waals surface area contributed by atoms with E-state index in [0.717, 1.165) is 12.8 Å². The smallest absolute Gasteiger partial charge is 0.0742 e. The van der Waals surface area contributed by atoms with Gasteiger partial charge in [0.1, 0.15) is 0 Å². The number of hydrogen-bond donors (Lipinski definition) is 8. The lowest BCUT2D eigenvalue weighted by Gasteiger charge is -1.94. The third-order valence-electron chi connectivity index (χ3n) is 1.40. The van der Waals surface area contributed by atoms with Gasteiger partial charge < -0.3 is 45.6 Å². The summed E-state index contributed by atoms with van der Waals surface area (Å²) in [7, 11) is 0. The molecule has 0 aliphatic heterocycles. The highest BCUT2D eigenvalue weighted by atomic mass is 16.5. The van der Waals surface area contributed by atoms with Crippen LogP contribution in [-0.2, 0) is 4.74 Å². The van der Waals surface area contributed by atoms with Crippen LogP contribution in [0.25, 0.3) is 0 Å². The van der Waals surface area contributed by atoms with Gasteiger partial charge in [0.2, 0.25) is 0 Å². The van der Waals surface area contributed by atoms with E-state index in [1.807, 2.05) is 0 Å². The molecule has 0 aromatic carbocycles. The second kappa shape index (κ2) is 37.1. The summed E-state index contributed by atoms with van der Waals surface area (Å²) in [5.41, 5.74) is 0. The van der Waals surface area contributed by atoms with Gasteiger partial charge in [0.15, 0.2) is 0 Å². The Bertz CT molecular complexity index is 127. The van der Waals surface area contributed by atoms with Crippen LogP contribution in [0.1, 0.15) is 19.8 Å². The molecule has 22 heavy (non-hydrogen) atoms. The van der Waals surface area contributed by atoms with E-state index in [2.05, 4.69) is 4.74 Å². The highest BCUT2D eigenvalue weighted by Crippen LogP contribution is 1.80. The van der Waals surface area contributed by atoms with Crippen LogP contribution in [0, 0.1) is 0 Å². The van der Waals surface area contributed by atoms with Crippen molar-refractivity contribution in [3.63, 3.8) is 0 Å². The van der Waals surface area contributed by atoms with Gasteiger partial charge in [-0.1, -0.05) is 0 Å². The number of aliphatic hydroxyl groups is 8. The van der Waals surface area contributed by atoms with Gasteiger partial charge >= 0.3 is 0 Å². The van der Waals surface area contributed by atoms with Gasteiger partial charge in [-0.25, -0.2) is 0 Å². The molecule has 0 aliphatic rings. The lowest BCUT2D eigenvalue weighted by Crippen LogP contribution is -2.03. The Labute approximate surface area is 132 Å². The fraction of sp³-hybridized carbons (Fsp3) is 1.00. The van der Waals surface area contributed by atoms with Crippen LogP contribution in [0.15, 0.2) is 0 Å². The number of hydrogen-bond acceptors (Lipinski definition) is 9. The van der Waals surface area contributed by atoms with Crippen molar-refractivity contribution >= 4 is 0 Å². The molecule has 0 heterocycles. The molecule has 0 aliphatic carbocycles. The van der Waals surface area contributed by atoms with Crippen LogP contribution in [0.3, 0.4) is 0 Å². The Balaban J connectivity index is -0.000000100. The number of ether oxygens (including phenoxy) is 1. The fourth-order valence-corrected chi connectivity index (χ4v) is 0.455. The minimum absolute atomic E-state index is 0.0278. The molecule has 0 saturated carbocycles. The molecule has 8 N–H and O–H groups in total. The van der Waals surface area contributed by atoms with Crippen LogP contribution >= 0.6 is 0 Å². The predicted molar refractivity (Wildman–Crippen MR) is 81.3 cm³/mol. The first-order chi connectivity index (χ1) is 10.5. The Morgan fingerprint density at radius 1 is 0.636 bits per heavy atom. The van der Waals surface area contributed by atoms with Gasteiger partial charge in [-0.3, -0.25) is 0 Å². The maximum atomic E-state index is 8.11. The van der Waals surface area contributed by atoms with E-state index >= 15 is 0 Å². The summed E-state index contributed by atoms with van der Waals surface area (Å²) in [5, 5.41) is 63.6. The fourth-order valence-electron chi connectivity index (χ4n) is 0.455. The van der Waals surface area contributed by atoms with Gasteiger partial charge in [-0.2, -0.15) is 0 Å². The van der Waals surface area contributed by atoms with Crippen molar-refractivity contribution in [3.8, 4) is 0 Å². The van der Waals surface area contributed by atoms with E-state index in [-0.39, 0.29) is 46.2 Å². The molecule has 140 valence electrons. The largest absolute Gasteiger partial charge is 0.396 e. The van der Waals surface area contributed by atoms with Gasteiger partial charge in [0.25, 0.3) is 0 Å². The zero-order valence-electron chi connectivity index (χ0n) is 13.3. The van der Waals surface area contributed by atoms with E-state index in [1.165, 1.54) is 6.92 Å². The molecule has 9 heteroatoms. The van der Waals surface area contributed by atoms with E-state index < -0.39 is 6.10 Å². The molecule has 0 amide bonds. The first-order valence-electron chi connectivity index (χ1n) is 7.03. The van der Waals surface area contributed by atoms with Crippen LogP contribution in [0.5, 0.6) is 0 Å². The molecule has 9 nitrogen and oxygen atoms in total. The summed E-state index contributed by atoms with van der Waals surface area (Å²) in [6.07, 6.45) is 0.877. The Morgan fingerprint density at radius 3 is 1.09 bits per heavy atom. The third kappa shape index (κ3) is 73.4. The number of aliphatic hydroxyl groups excluding tert-OH is 8. The predicted octanol–water partition coefficient (Wildman–Crippen LogP) is -2.93. The normalized spacial score (nSPS) is 10.2. The van der Waals surface area contributed by atoms with Crippen LogP contribution < -0.4 is 0 Å². The molecule has 1 atom stereocenters. The minimum atomic E-state index is -0.560. The summed E-state index contributed by atoms with van der Waals surface area (Å²) in [6.45, 7) is 2.22. The van der Waals surface area contributed by atoms with Crippen molar-refractivity contribution in [2.75, 3.05) is 59.5 Å². The topological polar surface area (TPSA) is 171 Å². The molecule has 0 spiro atoms. The van der Waals surface area contributed by atoms with E-state index in [1.54, 1.807) is 0 Å². The maximum Gasteiger partial charge on any atom is 0.0742 e. The summed E-state index contributed by atoms with van der Waals surface area (Å²) in [6, 6.07) is 0.